The van der Waals surface area contributed by atoms with Crippen LogP contribution in [0.3, 0.4) is 0 Å². The number of alkyl halides is 3. The van der Waals surface area contributed by atoms with Gasteiger partial charge in [-0.05, 0) is 18.9 Å². The molecule has 0 aliphatic rings. The van der Waals surface area contributed by atoms with Crippen molar-refractivity contribution in [2.24, 2.45) is 5.73 Å². The fourth-order valence-corrected chi connectivity index (χ4v) is 0.640. The van der Waals surface area contributed by atoms with E-state index in [4.69, 9.17) is 0 Å². The fraction of sp³-hybridized carbons (Fsp3) is 0.750. The summed E-state index contributed by atoms with van der Waals surface area (Å²) in [7, 11) is 0. The maximum atomic E-state index is 11.7. The first kappa shape index (κ1) is 10.4. The third kappa shape index (κ3) is 4.77. The second-order valence-electron chi connectivity index (χ2n) is 1.77. The summed E-state index contributed by atoms with van der Waals surface area (Å²) in [5.41, 5.74) is 4.55. The zero-order valence-corrected chi connectivity index (χ0v) is 6.42. The van der Waals surface area contributed by atoms with Gasteiger partial charge in [0.2, 0.25) is 0 Å². The highest BCUT2D eigenvalue weighted by Crippen LogP contribution is 2.27. The number of primary amides is 1. The van der Waals surface area contributed by atoms with Gasteiger partial charge < -0.3 is 5.73 Å². The van der Waals surface area contributed by atoms with E-state index < -0.39 is 17.5 Å². The van der Waals surface area contributed by atoms with Crippen LogP contribution in [-0.2, 0) is 0 Å². The van der Waals surface area contributed by atoms with Crippen LogP contribution in [0.15, 0.2) is 0 Å². The zero-order chi connectivity index (χ0) is 9.07. The molecule has 0 rings (SSSR count). The van der Waals surface area contributed by atoms with E-state index >= 15 is 0 Å². The highest BCUT2D eigenvalue weighted by atomic mass is 32.2. The molecule has 0 aliphatic heterocycles. The molecule has 11 heavy (non-hydrogen) atoms. The summed E-state index contributed by atoms with van der Waals surface area (Å²) in [4.78, 5) is 9.95. The summed E-state index contributed by atoms with van der Waals surface area (Å²) in [6, 6.07) is -0.980. The molecule has 0 bridgehead atoms. The van der Waals surface area contributed by atoms with Crippen LogP contribution in [0, 0.1) is 0 Å². The number of amides is 2. The van der Waals surface area contributed by atoms with E-state index in [0.717, 1.165) is 6.92 Å². The van der Waals surface area contributed by atoms with Crippen molar-refractivity contribution in [3.05, 3.63) is 0 Å². The van der Waals surface area contributed by atoms with Gasteiger partial charge in [-0.1, -0.05) is 0 Å². The van der Waals surface area contributed by atoms with Crippen molar-refractivity contribution in [1.29, 1.82) is 0 Å². The van der Waals surface area contributed by atoms with Gasteiger partial charge in [0.25, 0.3) is 0 Å². The van der Waals surface area contributed by atoms with Crippen LogP contribution in [0.4, 0.5) is 18.0 Å². The van der Waals surface area contributed by atoms with Gasteiger partial charge in [-0.2, -0.15) is 13.2 Å². The maximum Gasteiger partial charge on any atom is 0.402 e. The average Bonchev–Trinajstić information content (AvgIpc) is 1.80. The van der Waals surface area contributed by atoms with E-state index in [1.54, 1.807) is 4.72 Å². The van der Waals surface area contributed by atoms with Crippen molar-refractivity contribution in [1.82, 2.24) is 4.72 Å². The molecule has 0 radical (unpaired) electrons. The van der Waals surface area contributed by atoms with Gasteiger partial charge in [0, 0.05) is 0 Å². The summed E-state index contributed by atoms with van der Waals surface area (Å²) < 4.78 is 36.8. The molecule has 0 saturated carbocycles. The molecule has 0 fully saturated rings. The molecule has 1 unspecified atom stereocenters. The summed E-state index contributed by atoms with van der Waals surface area (Å²) in [6.07, 6.45) is -4.31. The summed E-state index contributed by atoms with van der Waals surface area (Å²) in [5, 5.41) is -1.64. The van der Waals surface area contributed by atoms with Gasteiger partial charge in [0.1, 0.15) is 5.25 Å². The Kier molecular flexibility index (Phi) is 3.50. The van der Waals surface area contributed by atoms with Crippen molar-refractivity contribution in [2.45, 2.75) is 18.3 Å². The van der Waals surface area contributed by atoms with Crippen LogP contribution in [0.5, 0.6) is 0 Å². The van der Waals surface area contributed by atoms with E-state index in [1.807, 2.05) is 0 Å². The summed E-state index contributed by atoms with van der Waals surface area (Å²) in [5.74, 6) is 0. The highest BCUT2D eigenvalue weighted by Gasteiger charge is 2.36. The lowest BCUT2D eigenvalue weighted by molar-refractivity contribution is -0.125. The SMILES string of the molecule is CC(SNC(N)=O)C(F)(F)F. The molecule has 7 heteroatoms. The van der Waals surface area contributed by atoms with E-state index in [2.05, 4.69) is 5.73 Å². The number of nitrogens with two attached hydrogens (primary N) is 1. The normalized spacial score (nSPS) is 14.2. The highest BCUT2D eigenvalue weighted by molar-refractivity contribution is 7.98. The van der Waals surface area contributed by atoms with Gasteiger partial charge in [0.15, 0.2) is 0 Å². The van der Waals surface area contributed by atoms with E-state index in [-0.39, 0.29) is 11.9 Å². The van der Waals surface area contributed by atoms with Crippen molar-refractivity contribution >= 4 is 18.0 Å². The molecule has 66 valence electrons. The first-order valence-corrected chi connectivity index (χ1v) is 3.50. The Labute approximate surface area is 65.6 Å². The quantitative estimate of drug-likeness (QED) is 0.641. The molecule has 2 amide bonds. The minimum Gasteiger partial charge on any atom is -0.351 e. The van der Waals surface area contributed by atoms with Crippen LogP contribution in [0.2, 0.25) is 0 Å². The molecule has 3 N–H and O–H groups in total. The average molecular weight is 188 g/mol. The largest absolute Gasteiger partial charge is 0.402 e. The van der Waals surface area contributed by atoms with E-state index in [1.165, 1.54) is 0 Å². The molecule has 0 aliphatic carbocycles. The van der Waals surface area contributed by atoms with Crippen LogP contribution in [0.25, 0.3) is 0 Å². The molecular weight excluding hydrogens is 181 g/mol. The monoisotopic (exact) mass is 188 g/mol. The number of carbonyl (C=O) groups is 1. The molecular formula is C4H7F3N2OS. The zero-order valence-electron chi connectivity index (χ0n) is 5.61. The lowest BCUT2D eigenvalue weighted by Gasteiger charge is -2.13. The molecule has 0 aromatic heterocycles. The van der Waals surface area contributed by atoms with Crippen molar-refractivity contribution in [2.75, 3.05) is 0 Å². The Morgan fingerprint density at radius 2 is 2.09 bits per heavy atom. The maximum absolute atomic E-state index is 11.7. The van der Waals surface area contributed by atoms with Gasteiger partial charge >= 0.3 is 12.2 Å². The second kappa shape index (κ2) is 3.70. The number of carbonyl (C=O) groups excluding carboxylic acids is 1. The van der Waals surface area contributed by atoms with Gasteiger partial charge in [0.05, 0.1) is 0 Å². The molecule has 0 aromatic rings. The summed E-state index contributed by atoms with van der Waals surface area (Å²) >= 11 is 0.242. The predicted octanol–water partition coefficient (Wildman–Crippen LogP) is 1.25. The lowest BCUT2D eigenvalue weighted by atomic mass is 10.5. The van der Waals surface area contributed by atoms with Crippen molar-refractivity contribution in [3.63, 3.8) is 0 Å². The number of rotatable bonds is 2. The molecule has 0 heterocycles. The third-order valence-electron chi connectivity index (χ3n) is 0.797. The van der Waals surface area contributed by atoms with Crippen LogP contribution < -0.4 is 10.5 Å². The smallest absolute Gasteiger partial charge is 0.351 e. The standard InChI is InChI=1S/C4H7F3N2OS/c1-2(4(5,6)7)11-9-3(8)10/h2H,1H3,(H3,8,9,10). The third-order valence-corrected chi connectivity index (χ3v) is 1.74. The predicted molar refractivity (Wildman–Crippen MR) is 35.8 cm³/mol. The molecule has 1 atom stereocenters. The minimum atomic E-state index is -4.31. The number of hydrogen-bond donors (Lipinski definition) is 2. The fourth-order valence-electron chi connectivity index (χ4n) is 0.213. The van der Waals surface area contributed by atoms with Crippen LogP contribution in [0.1, 0.15) is 6.92 Å². The van der Waals surface area contributed by atoms with Gasteiger partial charge in [-0.3, -0.25) is 4.72 Å². The minimum absolute atomic E-state index is 0.242. The number of hydrogen-bond acceptors (Lipinski definition) is 2. The van der Waals surface area contributed by atoms with Gasteiger partial charge in [-0.25, -0.2) is 4.79 Å². The van der Waals surface area contributed by atoms with Crippen LogP contribution >= 0.6 is 11.9 Å². The lowest BCUT2D eigenvalue weighted by Crippen LogP contribution is -2.30. The first-order chi connectivity index (χ1) is 4.84. The molecule has 3 nitrogen and oxygen atoms in total. The summed E-state index contributed by atoms with van der Waals surface area (Å²) in [6.45, 7) is 0.931. The topological polar surface area (TPSA) is 55.1 Å². The van der Waals surface area contributed by atoms with Crippen LogP contribution in [-0.4, -0.2) is 17.5 Å². The Hall–Kier alpha value is -0.590. The number of halogens is 3. The number of urea groups is 1. The second-order valence-corrected chi connectivity index (χ2v) is 2.91. The van der Waals surface area contributed by atoms with Crippen molar-refractivity contribution in [3.8, 4) is 0 Å². The Morgan fingerprint density at radius 1 is 1.64 bits per heavy atom. The van der Waals surface area contributed by atoms with E-state index in [9.17, 15) is 18.0 Å². The molecule has 0 aromatic carbocycles. The molecule has 0 spiro atoms. The first-order valence-electron chi connectivity index (χ1n) is 2.62. The Morgan fingerprint density at radius 3 is 2.36 bits per heavy atom. The molecule has 0 saturated heterocycles. The Bertz CT molecular complexity index is 149. The number of nitrogens with one attached hydrogen (secondary N) is 1. The van der Waals surface area contributed by atoms with E-state index in [0.29, 0.717) is 0 Å². The van der Waals surface area contributed by atoms with Crippen molar-refractivity contribution < 1.29 is 18.0 Å². The Balaban J connectivity index is 3.70. The van der Waals surface area contributed by atoms with Gasteiger partial charge in [-0.15, -0.1) is 0 Å².